The Morgan fingerprint density at radius 3 is 1.89 bits per heavy atom. The summed E-state index contributed by atoms with van der Waals surface area (Å²) in [5.74, 6) is 0.869. The molecule has 19 heavy (non-hydrogen) atoms. The minimum atomic E-state index is 0.333. The van der Waals surface area contributed by atoms with E-state index in [0.717, 1.165) is 5.92 Å². The lowest BCUT2D eigenvalue weighted by Crippen LogP contribution is -2.57. The van der Waals surface area contributed by atoms with E-state index in [2.05, 4.69) is 46.4 Å². The number of likely N-dealkylation sites (tertiary alicyclic amines) is 1. The smallest absolute Gasteiger partial charge is 0.0125 e. The average molecular weight is 265 g/mol. The number of piperidine rings is 1. The second-order valence-electron chi connectivity index (χ2n) is 9.21. The third kappa shape index (κ3) is 3.17. The van der Waals surface area contributed by atoms with E-state index in [9.17, 15) is 0 Å². The summed E-state index contributed by atoms with van der Waals surface area (Å²) in [5, 5.41) is 0. The first kappa shape index (κ1) is 15.4. The summed E-state index contributed by atoms with van der Waals surface area (Å²) in [6.07, 6.45) is 8.85. The normalized spacial score (nSPS) is 29.7. The van der Waals surface area contributed by atoms with Gasteiger partial charge in [0.15, 0.2) is 0 Å². The van der Waals surface area contributed by atoms with Gasteiger partial charge in [-0.15, -0.1) is 0 Å². The molecule has 1 heteroatoms. The van der Waals surface area contributed by atoms with Crippen LogP contribution in [0.4, 0.5) is 0 Å². The van der Waals surface area contributed by atoms with Crippen molar-refractivity contribution in [2.45, 2.75) is 85.6 Å². The Kier molecular flexibility index (Phi) is 4.09. The van der Waals surface area contributed by atoms with E-state index in [1.807, 2.05) is 0 Å². The van der Waals surface area contributed by atoms with Crippen LogP contribution in [-0.4, -0.2) is 23.5 Å². The molecule has 1 saturated heterocycles. The molecule has 1 heterocycles. The summed E-state index contributed by atoms with van der Waals surface area (Å²) in [5.41, 5.74) is 1.44. The van der Waals surface area contributed by atoms with Crippen LogP contribution in [0.15, 0.2) is 0 Å². The van der Waals surface area contributed by atoms with Crippen molar-refractivity contribution in [3.63, 3.8) is 0 Å². The maximum absolute atomic E-state index is 2.74. The van der Waals surface area contributed by atoms with Gasteiger partial charge in [-0.3, -0.25) is 4.90 Å². The molecule has 1 saturated carbocycles. The first-order chi connectivity index (χ1) is 8.65. The summed E-state index contributed by atoms with van der Waals surface area (Å²) < 4.78 is 0. The Morgan fingerprint density at radius 1 is 0.842 bits per heavy atom. The lowest BCUT2D eigenvalue weighted by Gasteiger charge is -2.57. The molecule has 2 rings (SSSR count). The molecular formula is C18H35N. The van der Waals surface area contributed by atoms with Crippen LogP contribution in [0, 0.1) is 16.7 Å². The van der Waals surface area contributed by atoms with Crippen LogP contribution in [-0.2, 0) is 0 Å². The van der Waals surface area contributed by atoms with Crippen LogP contribution in [0.3, 0.4) is 0 Å². The van der Waals surface area contributed by atoms with Gasteiger partial charge in [0.2, 0.25) is 0 Å². The van der Waals surface area contributed by atoms with Gasteiger partial charge in [-0.2, -0.15) is 0 Å². The molecule has 2 aliphatic rings. The van der Waals surface area contributed by atoms with E-state index < -0.39 is 0 Å². The van der Waals surface area contributed by atoms with E-state index in [4.69, 9.17) is 0 Å². The molecule has 112 valence electrons. The standard InChI is InChI=1S/C18H35N/c1-16(2,3)15-14-19(17(4,5)6)13-12-18(15)10-8-7-9-11-18/h15H,7-14H2,1-6H3. The lowest BCUT2D eigenvalue weighted by atomic mass is 9.55. The van der Waals surface area contributed by atoms with Crippen molar-refractivity contribution >= 4 is 0 Å². The Balaban J connectivity index is 2.22. The van der Waals surface area contributed by atoms with E-state index >= 15 is 0 Å². The number of hydrogen-bond acceptors (Lipinski definition) is 1. The van der Waals surface area contributed by atoms with Crippen molar-refractivity contribution in [2.24, 2.45) is 16.7 Å². The molecule has 0 radical (unpaired) electrons. The fraction of sp³-hybridized carbons (Fsp3) is 1.00. The number of nitrogens with zero attached hydrogens (tertiary/aromatic N) is 1. The molecule has 1 aliphatic heterocycles. The van der Waals surface area contributed by atoms with Gasteiger partial charge >= 0.3 is 0 Å². The molecule has 1 unspecified atom stereocenters. The molecule has 1 spiro atoms. The second kappa shape index (κ2) is 5.06. The Labute approximate surface area is 121 Å². The predicted octanol–water partition coefficient (Wildman–Crippen LogP) is 5.10. The summed E-state index contributed by atoms with van der Waals surface area (Å²) in [7, 11) is 0. The van der Waals surface area contributed by atoms with E-state index in [0.29, 0.717) is 16.4 Å². The van der Waals surface area contributed by atoms with Gasteiger partial charge in [0.25, 0.3) is 0 Å². The van der Waals surface area contributed by atoms with Gasteiger partial charge in [0.1, 0.15) is 0 Å². The maximum Gasteiger partial charge on any atom is 0.0125 e. The number of rotatable bonds is 0. The second-order valence-corrected chi connectivity index (χ2v) is 9.21. The molecule has 0 amide bonds. The Bertz CT molecular complexity index is 299. The monoisotopic (exact) mass is 265 g/mol. The van der Waals surface area contributed by atoms with Gasteiger partial charge < -0.3 is 0 Å². The molecule has 0 aromatic heterocycles. The van der Waals surface area contributed by atoms with Crippen LogP contribution >= 0.6 is 0 Å². The predicted molar refractivity (Wildman–Crippen MR) is 84.4 cm³/mol. The van der Waals surface area contributed by atoms with Crippen molar-refractivity contribution < 1.29 is 0 Å². The molecule has 0 bridgehead atoms. The minimum Gasteiger partial charge on any atom is -0.298 e. The van der Waals surface area contributed by atoms with Crippen molar-refractivity contribution in [3.8, 4) is 0 Å². The van der Waals surface area contributed by atoms with Crippen LogP contribution < -0.4 is 0 Å². The fourth-order valence-electron chi connectivity index (χ4n) is 4.69. The number of hydrogen-bond donors (Lipinski definition) is 0. The molecule has 0 N–H and O–H groups in total. The van der Waals surface area contributed by atoms with Crippen molar-refractivity contribution in [1.82, 2.24) is 4.90 Å². The summed E-state index contributed by atoms with van der Waals surface area (Å²) in [6, 6.07) is 0. The zero-order valence-corrected chi connectivity index (χ0v) is 14.2. The van der Waals surface area contributed by atoms with Crippen molar-refractivity contribution in [3.05, 3.63) is 0 Å². The Hall–Kier alpha value is -0.0400. The van der Waals surface area contributed by atoms with Gasteiger partial charge in [-0.1, -0.05) is 40.0 Å². The zero-order chi connectivity index (χ0) is 14.3. The largest absolute Gasteiger partial charge is 0.298 e. The quantitative estimate of drug-likeness (QED) is 0.589. The molecule has 1 nitrogen and oxygen atoms in total. The zero-order valence-electron chi connectivity index (χ0n) is 14.2. The maximum atomic E-state index is 2.74. The van der Waals surface area contributed by atoms with Crippen LogP contribution in [0.2, 0.25) is 0 Å². The van der Waals surface area contributed by atoms with Gasteiger partial charge in [0, 0.05) is 12.1 Å². The lowest BCUT2D eigenvalue weighted by molar-refractivity contribution is -0.0750. The highest BCUT2D eigenvalue weighted by Gasteiger charge is 2.49. The highest BCUT2D eigenvalue weighted by Crippen LogP contribution is 2.54. The highest BCUT2D eigenvalue weighted by molar-refractivity contribution is 5.00. The van der Waals surface area contributed by atoms with Crippen LogP contribution in [0.1, 0.15) is 80.1 Å². The first-order valence-corrected chi connectivity index (χ1v) is 8.40. The molecule has 0 aromatic carbocycles. The fourth-order valence-corrected chi connectivity index (χ4v) is 4.69. The van der Waals surface area contributed by atoms with E-state index in [-0.39, 0.29) is 0 Å². The van der Waals surface area contributed by atoms with Crippen LogP contribution in [0.25, 0.3) is 0 Å². The Morgan fingerprint density at radius 2 is 1.42 bits per heavy atom. The van der Waals surface area contributed by atoms with Gasteiger partial charge in [-0.05, 0) is 63.3 Å². The SMILES string of the molecule is CC(C)(C)C1CN(C(C)(C)C)CCC12CCCCC2. The topological polar surface area (TPSA) is 3.24 Å². The minimum absolute atomic E-state index is 0.333. The molecule has 1 aliphatic carbocycles. The average Bonchev–Trinajstić information content (AvgIpc) is 2.27. The van der Waals surface area contributed by atoms with Gasteiger partial charge in [-0.25, -0.2) is 0 Å². The molecule has 0 aromatic rings. The van der Waals surface area contributed by atoms with Crippen molar-refractivity contribution in [1.29, 1.82) is 0 Å². The van der Waals surface area contributed by atoms with Crippen molar-refractivity contribution in [2.75, 3.05) is 13.1 Å². The third-order valence-electron chi connectivity index (χ3n) is 5.87. The molecule has 1 atom stereocenters. The highest BCUT2D eigenvalue weighted by atomic mass is 15.2. The molecular weight excluding hydrogens is 230 g/mol. The summed E-state index contributed by atoms with van der Waals surface area (Å²) in [4.78, 5) is 2.74. The molecule has 2 fully saturated rings. The third-order valence-corrected chi connectivity index (χ3v) is 5.87. The van der Waals surface area contributed by atoms with E-state index in [1.165, 1.54) is 51.6 Å². The summed E-state index contributed by atoms with van der Waals surface area (Å²) in [6.45, 7) is 17.2. The van der Waals surface area contributed by atoms with E-state index in [1.54, 1.807) is 0 Å². The first-order valence-electron chi connectivity index (χ1n) is 8.40. The summed E-state index contributed by atoms with van der Waals surface area (Å²) >= 11 is 0. The van der Waals surface area contributed by atoms with Crippen LogP contribution in [0.5, 0.6) is 0 Å². The van der Waals surface area contributed by atoms with Gasteiger partial charge in [0.05, 0.1) is 0 Å².